The van der Waals surface area contributed by atoms with E-state index >= 15 is 0 Å². The Bertz CT molecular complexity index is 518. The molecule has 0 saturated carbocycles. The first-order valence-electron chi connectivity index (χ1n) is 6.78. The number of aldehydes is 1. The molecule has 0 amide bonds. The van der Waals surface area contributed by atoms with Gasteiger partial charge in [-0.1, -0.05) is 26.0 Å². The lowest BCUT2D eigenvalue weighted by molar-refractivity contribution is 0.112. The van der Waals surface area contributed by atoms with Gasteiger partial charge >= 0.3 is 0 Å². The summed E-state index contributed by atoms with van der Waals surface area (Å²) in [4.78, 5) is 12.9. The SMILES string of the molecule is CC.CN1CCN(S(=O)(=O)c2ccc(C=O)cc2)CC1. The van der Waals surface area contributed by atoms with Crippen LogP contribution in [0.15, 0.2) is 29.2 Å². The molecule has 1 saturated heterocycles. The standard InChI is InChI=1S/C12H16N2O3S.C2H6/c1-13-6-8-14(9-7-13)18(16,17)12-4-2-11(10-15)3-5-12;1-2/h2-5,10H,6-9H2,1H3;1-2H3. The number of hydrogen-bond acceptors (Lipinski definition) is 4. The van der Waals surface area contributed by atoms with E-state index in [9.17, 15) is 13.2 Å². The molecule has 2 rings (SSSR count). The van der Waals surface area contributed by atoms with Gasteiger partial charge in [0.05, 0.1) is 4.90 Å². The molecule has 0 aliphatic carbocycles. The first-order chi connectivity index (χ1) is 9.54. The predicted octanol–water partition coefficient (Wildman–Crippen LogP) is 1.46. The van der Waals surface area contributed by atoms with E-state index in [1.165, 1.54) is 28.6 Å². The smallest absolute Gasteiger partial charge is 0.243 e. The lowest BCUT2D eigenvalue weighted by Gasteiger charge is -2.31. The molecule has 0 aromatic heterocycles. The van der Waals surface area contributed by atoms with Crippen LogP contribution in [-0.2, 0) is 10.0 Å². The van der Waals surface area contributed by atoms with Crippen LogP contribution < -0.4 is 0 Å². The first-order valence-corrected chi connectivity index (χ1v) is 8.22. The van der Waals surface area contributed by atoms with Crippen molar-refractivity contribution >= 4 is 16.3 Å². The highest BCUT2D eigenvalue weighted by atomic mass is 32.2. The van der Waals surface area contributed by atoms with Gasteiger partial charge < -0.3 is 4.90 Å². The maximum absolute atomic E-state index is 12.3. The number of benzene rings is 1. The highest BCUT2D eigenvalue weighted by molar-refractivity contribution is 7.89. The Balaban J connectivity index is 0.000000956. The molecular formula is C14H22N2O3S. The van der Waals surface area contributed by atoms with Crippen LogP contribution in [-0.4, -0.2) is 57.1 Å². The van der Waals surface area contributed by atoms with Gasteiger partial charge in [0.25, 0.3) is 0 Å². The monoisotopic (exact) mass is 298 g/mol. The number of piperazine rings is 1. The summed E-state index contributed by atoms with van der Waals surface area (Å²) in [6.07, 6.45) is 0.701. The molecule has 0 unspecified atom stereocenters. The van der Waals surface area contributed by atoms with Crippen LogP contribution in [0, 0.1) is 0 Å². The van der Waals surface area contributed by atoms with Crippen molar-refractivity contribution in [2.75, 3.05) is 33.2 Å². The first kappa shape index (κ1) is 16.8. The van der Waals surface area contributed by atoms with E-state index in [1.807, 2.05) is 20.9 Å². The fraction of sp³-hybridized carbons (Fsp3) is 0.500. The molecule has 1 aliphatic heterocycles. The molecule has 1 aliphatic rings. The maximum atomic E-state index is 12.3. The molecule has 5 nitrogen and oxygen atoms in total. The fourth-order valence-corrected chi connectivity index (χ4v) is 3.32. The summed E-state index contributed by atoms with van der Waals surface area (Å²) in [6, 6.07) is 6.01. The van der Waals surface area contributed by atoms with E-state index in [0.717, 1.165) is 13.1 Å². The third-order valence-electron chi connectivity index (χ3n) is 3.12. The molecule has 0 atom stereocenters. The van der Waals surface area contributed by atoms with Crippen molar-refractivity contribution in [2.45, 2.75) is 18.7 Å². The Hall–Kier alpha value is -1.24. The van der Waals surface area contributed by atoms with Crippen molar-refractivity contribution in [1.82, 2.24) is 9.21 Å². The van der Waals surface area contributed by atoms with Gasteiger partial charge in [-0.05, 0) is 19.2 Å². The van der Waals surface area contributed by atoms with E-state index < -0.39 is 10.0 Å². The number of nitrogens with zero attached hydrogens (tertiary/aromatic N) is 2. The van der Waals surface area contributed by atoms with Gasteiger partial charge in [0.15, 0.2) is 0 Å². The van der Waals surface area contributed by atoms with E-state index in [0.29, 0.717) is 24.9 Å². The number of carbonyl (C=O) groups is 1. The van der Waals surface area contributed by atoms with E-state index in [-0.39, 0.29) is 4.90 Å². The maximum Gasteiger partial charge on any atom is 0.243 e. The lowest BCUT2D eigenvalue weighted by Crippen LogP contribution is -2.46. The van der Waals surface area contributed by atoms with Crippen molar-refractivity contribution in [2.24, 2.45) is 0 Å². The summed E-state index contributed by atoms with van der Waals surface area (Å²) >= 11 is 0. The summed E-state index contributed by atoms with van der Waals surface area (Å²) in [5.74, 6) is 0. The van der Waals surface area contributed by atoms with Gasteiger partial charge in [-0.2, -0.15) is 4.31 Å². The summed E-state index contributed by atoms with van der Waals surface area (Å²) in [5, 5.41) is 0. The minimum absolute atomic E-state index is 0.248. The van der Waals surface area contributed by atoms with Crippen molar-refractivity contribution in [3.05, 3.63) is 29.8 Å². The van der Waals surface area contributed by atoms with E-state index in [4.69, 9.17) is 0 Å². The van der Waals surface area contributed by atoms with Crippen LogP contribution >= 0.6 is 0 Å². The largest absolute Gasteiger partial charge is 0.304 e. The highest BCUT2D eigenvalue weighted by Crippen LogP contribution is 2.17. The summed E-state index contributed by atoms with van der Waals surface area (Å²) in [5.41, 5.74) is 0.479. The minimum Gasteiger partial charge on any atom is -0.304 e. The molecule has 0 N–H and O–H groups in total. The molecule has 1 heterocycles. The third-order valence-corrected chi connectivity index (χ3v) is 5.03. The predicted molar refractivity (Wildman–Crippen MR) is 79.4 cm³/mol. The van der Waals surface area contributed by atoms with Crippen LogP contribution in [0.3, 0.4) is 0 Å². The minimum atomic E-state index is -3.42. The molecule has 0 bridgehead atoms. The fourth-order valence-electron chi connectivity index (χ4n) is 1.90. The Labute approximate surface area is 121 Å². The summed E-state index contributed by atoms with van der Waals surface area (Å²) in [7, 11) is -1.44. The van der Waals surface area contributed by atoms with Crippen LogP contribution in [0.1, 0.15) is 24.2 Å². The Morgan fingerprint density at radius 3 is 1.95 bits per heavy atom. The van der Waals surface area contributed by atoms with E-state index in [2.05, 4.69) is 4.90 Å². The summed E-state index contributed by atoms with van der Waals surface area (Å²) < 4.78 is 26.1. The molecule has 1 aromatic rings. The zero-order valence-corrected chi connectivity index (χ0v) is 13.1. The van der Waals surface area contributed by atoms with Crippen LogP contribution in [0.4, 0.5) is 0 Å². The van der Waals surface area contributed by atoms with Crippen molar-refractivity contribution in [3.63, 3.8) is 0 Å². The van der Waals surface area contributed by atoms with Crippen molar-refractivity contribution < 1.29 is 13.2 Å². The topological polar surface area (TPSA) is 57.7 Å². The highest BCUT2D eigenvalue weighted by Gasteiger charge is 2.27. The normalized spacial score (nSPS) is 17.1. The number of rotatable bonds is 3. The van der Waals surface area contributed by atoms with Gasteiger partial charge in [-0.25, -0.2) is 8.42 Å². The molecule has 0 radical (unpaired) electrons. The van der Waals surface area contributed by atoms with Crippen molar-refractivity contribution in [3.8, 4) is 0 Å². The lowest BCUT2D eigenvalue weighted by atomic mass is 10.2. The van der Waals surface area contributed by atoms with E-state index in [1.54, 1.807) is 0 Å². The second-order valence-electron chi connectivity index (χ2n) is 4.39. The van der Waals surface area contributed by atoms with Crippen molar-refractivity contribution in [1.29, 1.82) is 0 Å². The molecule has 0 spiro atoms. The number of likely N-dealkylation sites (N-methyl/N-ethyl adjacent to an activating group) is 1. The average molecular weight is 298 g/mol. The Morgan fingerprint density at radius 1 is 1.00 bits per heavy atom. The molecule has 20 heavy (non-hydrogen) atoms. The van der Waals surface area contributed by atoms with Gasteiger partial charge in [-0.3, -0.25) is 4.79 Å². The number of hydrogen-bond donors (Lipinski definition) is 0. The zero-order valence-electron chi connectivity index (χ0n) is 12.2. The third kappa shape index (κ3) is 3.88. The number of sulfonamides is 1. The molecule has 1 fully saturated rings. The second kappa shape index (κ2) is 7.52. The molecular weight excluding hydrogens is 276 g/mol. The summed E-state index contributed by atoms with van der Waals surface area (Å²) in [6.45, 7) is 6.50. The van der Waals surface area contributed by atoms with Crippen LogP contribution in [0.5, 0.6) is 0 Å². The quantitative estimate of drug-likeness (QED) is 0.793. The molecule has 6 heteroatoms. The number of carbonyl (C=O) groups excluding carboxylic acids is 1. The molecule has 112 valence electrons. The van der Waals surface area contributed by atoms with Gasteiger partial charge in [-0.15, -0.1) is 0 Å². The van der Waals surface area contributed by atoms with Gasteiger partial charge in [0, 0.05) is 31.7 Å². The average Bonchev–Trinajstić information content (AvgIpc) is 2.50. The van der Waals surface area contributed by atoms with Gasteiger partial charge in [0.1, 0.15) is 6.29 Å². The molecule has 1 aromatic carbocycles. The van der Waals surface area contributed by atoms with Gasteiger partial charge in [0.2, 0.25) is 10.0 Å². The zero-order chi connectivity index (χ0) is 15.2. The Morgan fingerprint density at radius 2 is 1.50 bits per heavy atom. The Kier molecular flexibility index (Phi) is 6.32. The van der Waals surface area contributed by atoms with Crippen LogP contribution in [0.25, 0.3) is 0 Å². The van der Waals surface area contributed by atoms with Crippen LogP contribution in [0.2, 0.25) is 0 Å². The second-order valence-corrected chi connectivity index (χ2v) is 6.33.